The Kier molecular flexibility index (Phi) is 3.74. The smallest absolute Gasteiger partial charge is 0.164 e. The van der Waals surface area contributed by atoms with Crippen LogP contribution in [0.4, 0.5) is 5.69 Å². The van der Waals surface area contributed by atoms with Crippen LogP contribution in [0.1, 0.15) is 0 Å². The molecule has 0 aliphatic carbocycles. The molecule has 5 heteroatoms. The first-order valence-electron chi connectivity index (χ1n) is 4.89. The zero-order chi connectivity index (χ0) is 12.3. The summed E-state index contributed by atoms with van der Waals surface area (Å²) >= 11 is 12.0. The third kappa shape index (κ3) is 2.82. The Morgan fingerprint density at radius 3 is 2.06 bits per heavy atom. The van der Waals surface area contributed by atoms with Crippen LogP contribution in [0.5, 0.6) is 11.5 Å². The van der Waals surface area contributed by atoms with Crippen molar-refractivity contribution in [2.75, 3.05) is 5.43 Å². The van der Waals surface area contributed by atoms with E-state index < -0.39 is 0 Å². The number of nitrogen functional groups attached to an aromatic ring is 1. The second kappa shape index (κ2) is 5.27. The Balaban J connectivity index is 2.25. The number of ether oxygens (including phenoxy) is 1. The van der Waals surface area contributed by atoms with Crippen LogP contribution < -0.4 is 16.0 Å². The lowest BCUT2D eigenvalue weighted by Crippen LogP contribution is -2.05. The largest absolute Gasteiger partial charge is 0.454 e. The first-order valence-corrected chi connectivity index (χ1v) is 5.65. The van der Waals surface area contributed by atoms with Crippen molar-refractivity contribution in [1.29, 1.82) is 0 Å². The zero-order valence-corrected chi connectivity index (χ0v) is 10.3. The van der Waals surface area contributed by atoms with Gasteiger partial charge in [0.2, 0.25) is 0 Å². The van der Waals surface area contributed by atoms with Crippen molar-refractivity contribution in [3.05, 3.63) is 52.5 Å². The standard InChI is InChI=1S/C12H10Cl2N2O/c13-10-2-1-3-11(14)12(10)17-9-6-4-8(16-15)5-7-9/h1-7,16H,15H2. The fraction of sp³-hybridized carbons (Fsp3) is 0. The molecule has 3 N–H and O–H groups in total. The van der Waals surface area contributed by atoms with Crippen LogP contribution >= 0.6 is 23.2 Å². The second-order valence-electron chi connectivity index (χ2n) is 3.32. The monoisotopic (exact) mass is 268 g/mol. The normalized spacial score (nSPS) is 10.1. The molecule has 3 nitrogen and oxygen atoms in total. The van der Waals surface area contributed by atoms with Crippen LogP contribution in [0.3, 0.4) is 0 Å². The maximum absolute atomic E-state index is 6.00. The Labute approximate surface area is 109 Å². The predicted octanol–water partition coefficient (Wildman–Crippen LogP) is 4.07. The highest BCUT2D eigenvalue weighted by Crippen LogP contribution is 2.36. The predicted molar refractivity (Wildman–Crippen MR) is 70.8 cm³/mol. The molecule has 0 spiro atoms. The van der Waals surface area contributed by atoms with Crippen LogP contribution in [-0.2, 0) is 0 Å². The Morgan fingerprint density at radius 1 is 0.941 bits per heavy atom. The molecule has 0 aromatic heterocycles. The molecule has 2 aromatic carbocycles. The fourth-order valence-electron chi connectivity index (χ4n) is 1.32. The van der Waals surface area contributed by atoms with E-state index in [9.17, 15) is 0 Å². The summed E-state index contributed by atoms with van der Waals surface area (Å²) in [5, 5.41) is 0.942. The molecule has 0 saturated carbocycles. The van der Waals surface area contributed by atoms with E-state index in [-0.39, 0.29) is 0 Å². The molecule has 0 aliphatic heterocycles. The molecule has 0 saturated heterocycles. The van der Waals surface area contributed by atoms with E-state index in [4.69, 9.17) is 33.8 Å². The van der Waals surface area contributed by atoms with Gasteiger partial charge in [-0.05, 0) is 36.4 Å². The van der Waals surface area contributed by atoms with Crippen molar-refractivity contribution >= 4 is 28.9 Å². The van der Waals surface area contributed by atoms with Gasteiger partial charge in [-0.2, -0.15) is 0 Å². The Morgan fingerprint density at radius 2 is 1.53 bits per heavy atom. The van der Waals surface area contributed by atoms with E-state index in [1.165, 1.54) is 0 Å². The molecule has 0 heterocycles. The Bertz CT molecular complexity index is 494. The first-order chi connectivity index (χ1) is 8.20. The molecule has 0 amide bonds. The third-order valence-electron chi connectivity index (χ3n) is 2.16. The molecular weight excluding hydrogens is 259 g/mol. The summed E-state index contributed by atoms with van der Waals surface area (Å²) in [4.78, 5) is 0. The highest BCUT2D eigenvalue weighted by molar-refractivity contribution is 6.37. The van der Waals surface area contributed by atoms with Crippen molar-refractivity contribution in [1.82, 2.24) is 0 Å². The number of nitrogens with two attached hydrogens (primary N) is 1. The van der Waals surface area contributed by atoms with Gasteiger partial charge in [-0.3, -0.25) is 5.84 Å². The second-order valence-corrected chi connectivity index (χ2v) is 4.14. The van der Waals surface area contributed by atoms with Gasteiger partial charge in [0, 0.05) is 5.69 Å². The van der Waals surface area contributed by atoms with Crippen molar-refractivity contribution in [2.45, 2.75) is 0 Å². The number of halogens is 2. The summed E-state index contributed by atoms with van der Waals surface area (Å²) in [5.41, 5.74) is 3.33. The average molecular weight is 269 g/mol. The van der Waals surface area contributed by atoms with Crippen molar-refractivity contribution in [3.63, 3.8) is 0 Å². The summed E-state index contributed by atoms with van der Waals surface area (Å²) in [5.74, 6) is 6.35. The summed E-state index contributed by atoms with van der Waals surface area (Å²) in [6, 6.07) is 12.3. The lowest BCUT2D eigenvalue weighted by atomic mass is 10.3. The van der Waals surface area contributed by atoms with Crippen LogP contribution in [0.15, 0.2) is 42.5 Å². The first kappa shape index (κ1) is 12.0. The van der Waals surface area contributed by atoms with Gasteiger partial charge in [0.1, 0.15) is 5.75 Å². The summed E-state index contributed by atoms with van der Waals surface area (Å²) in [6.07, 6.45) is 0. The third-order valence-corrected chi connectivity index (χ3v) is 2.76. The number of nitrogens with one attached hydrogen (secondary N) is 1. The molecule has 88 valence electrons. The van der Waals surface area contributed by atoms with Crippen molar-refractivity contribution < 1.29 is 4.74 Å². The summed E-state index contributed by atoms with van der Waals surface area (Å²) in [7, 11) is 0. The van der Waals surface area contributed by atoms with Gasteiger partial charge < -0.3 is 10.2 Å². The van der Waals surface area contributed by atoms with E-state index in [0.29, 0.717) is 21.5 Å². The van der Waals surface area contributed by atoms with Gasteiger partial charge in [-0.15, -0.1) is 0 Å². The van der Waals surface area contributed by atoms with Crippen LogP contribution in [0.2, 0.25) is 10.0 Å². The van der Waals surface area contributed by atoms with E-state index in [1.807, 2.05) is 0 Å². The fourth-order valence-corrected chi connectivity index (χ4v) is 1.79. The highest BCUT2D eigenvalue weighted by atomic mass is 35.5. The molecule has 0 bridgehead atoms. The average Bonchev–Trinajstić information content (AvgIpc) is 2.35. The maximum atomic E-state index is 6.00. The van der Waals surface area contributed by atoms with Crippen molar-refractivity contribution in [3.8, 4) is 11.5 Å². The van der Waals surface area contributed by atoms with Gasteiger partial charge in [-0.1, -0.05) is 29.3 Å². The molecule has 2 aromatic rings. The van der Waals surface area contributed by atoms with Crippen LogP contribution in [-0.4, -0.2) is 0 Å². The minimum atomic E-state index is 0.448. The highest BCUT2D eigenvalue weighted by Gasteiger charge is 2.07. The molecular formula is C12H10Cl2N2O. The van der Waals surface area contributed by atoms with Gasteiger partial charge in [0.05, 0.1) is 10.0 Å². The van der Waals surface area contributed by atoms with E-state index in [2.05, 4.69) is 5.43 Å². The minimum absolute atomic E-state index is 0.448. The zero-order valence-electron chi connectivity index (χ0n) is 8.78. The van der Waals surface area contributed by atoms with E-state index in [0.717, 1.165) is 5.69 Å². The molecule has 0 aliphatic rings. The number of anilines is 1. The molecule has 2 rings (SSSR count). The minimum Gasteiger partial charge on any atom is -0.454 e. The molecule has 17 heavy (non-hydrogen) atoms. The molecule has 0 fully saturated rings. The number of benzene rings is 2. The summed E-state index contributed by atoms with van der Waals surface area (Å²) in [6.45, 7) is 0. The van der Waals surface area contributed by atoms with Gasteiger partial charge >= 0.3 is 0 Å². The van der Waals surface area contributed by atoms with Gasteiger partial charge in [-0.25, -0.2) is 0 Å². The van der Waals surface area contributed by atoms with Gasteiger partial charge in [0.25, 0.3) is 0 Å². The topological polar surface area (TPSA) is 47.3 Å². The number of hydrogen-bond acceptors (Lipinski definition) is 3. The number of rotatable bonds is 3. The number of para-hydroxylation sites is 1. The quantitative estimate of drug-likeness (QED) is 0.652. The van der Waals surface area contributed by atoms with Crippen molar-refractivity contribution in [2.24, 2.45) is 5.84 Å². The summed E-state index contributed by atoms with van der Waals surface area (Å²) < 4.78 is 5.61. The van der Waals surface area contributed by atoms with Crippen LogP contribution in [0, 0.1) is 0 Å². The molecule has 0 unspecified atom stereocenters. The van der Waals surface area contributed by atoms with E-state index >= 15 is 0 Å². The van der Waals surface area contributed by atoms with Crippen LogP contribution in [0.25, 0.3) is 0 Å². The Hall–Kier alpha value is -1.42. The lowest BCUT2D eigenvalue weighted by molar-refractivity contribution is 0.483. The SMILES string of the molecule is NNc1ccc(Oc2c(Cl)cccc2Cl)cc1. The molecule has 0 radical (unpaired) electrons. The van der Waals surface area contributed by atoms with E-state index in [1.54, 1.807) is 42.5 Å². The number of hydrazine groups is 1. The lowest BCUT2D eigenvalue weighted by Gasteiger charge is -2.09. The molecule has 0 atom stereocenters. The number of hydrogen-bond donors (Lipinski definition) is 2. The maximum Gasteiger partial charge on any atom is 0.164 e. The van der Waals surface area contributed by atoms with Gasteiger partial charge in [0.15, 0.2) is 5.75 Å².